The number of benzene rings is 1. The van der Waals surface area contributed by atoms with Crippen LogP contribution in [0.5, 0.6) is 0 Å². The molecule has 19 heavy (non-hydrogen) atoms. The van der Waals surface area contributed by atoms with E-state index in [4.69, 9.17) is 5.73 Å². The van der Waals surface area contributed by atoms with Gasteiger partial charge in [-0.15, -0.1) is 0 Å². The Morgan fingerprint density at radius 1 is 1.05 bits per heavy atom. The summed E-state index contributed by atoms with van der Waals surface area (Å²) >= 11 is 0. The Hall–Kier alpha value is -0.950. The number of nitrogens with two attached hydrogens (primary N) is 1. The van der Waals surface area contributed by atoms with Crippen LogP contribution in [-0.4, -0.2) is 51.9 Å². The maximum Gasteiger partial charge on any atom is 0.242 e. The lowest BCUT2D eigenvalue weighted by molar-refractivity contribution is 0.370. The molecule has 2 N–H and O–H groups in total. The van der Waals surface area contributed by atoms with E-state index < -0.39 is 10.0 Å². The maximum absolute atomic E-state index is 12.3. The molecule has 0 amide bonds. The third-order valence-electron chi connectivity index (χ3n) is 2.95. The first-order valence-corrected chi connectivity index (χ1v) is 7.72. The highest BCUT2D eigenvalue weighted by atomic mass is 32.2. The Labute approximate surface area is 116 Å². The standard InChI is InChI=1S/C13H23N3O2S/c1-15(2)9-4-10-16(3)19(17,18)13-7-5-12(11-14)6-8-13/h5-8H,4,9-11,14H2,1-3H3. The van der Waals surface area contributed by atoms with Crippen LogP contribution >= 0.6 is 0 Å². The van der Waals surface area contributed by atoms with E-state index in [9.17, 15) is 8.42 Å². The Morgan fingerprint density at radius 2 is 1.63 bits per heavy atom. The second-order valence-corrected chi connectivity index (χ2v) is 6.88. The molecule has 0 fully saturated rings. The Morgan fingerprint density at radius 3 is 2.11 bits per heavy atom. The van der Waals surface area contributed by atoms with E-state index in [1.54, 1.807) is 31.3 Å². The first-order valence-electron chi connectivity index (χ1n) is 6.28. The van der Waals surface area contributed by atoms with Gasteiger partial charge >= 0.3 is 0 Å². The van der Waals surface area contributed by atoms with E-state index in [0.717, 1.165) is 18.5 Å². The second-order valence-electron chi connectivity index (χ2n) is 4.83. The summed E-state index contributed by atoms with van der Waals surface area (Å²) in [5.41, 5.74) is 6.42. The van der Waals surface area contributed by atoms with Gasteiger partial charge < -0.3 is 10.6 Å². The minimum atomic E-state index is -3.39. The number of hydrogen-bond acceptors (Lipinski definition) is 4. The third kappa shape index (κ3) is 4.58. The molecule has 0 radical (unpaired) electrons. The van der Waals surface area contributed by atoms with Gasteiger partial charge in [-0.2, -0.15) is 0 Å². The van der Waals surface area contributed by atoms with E-state index in [0.29, 0.717) is 18.0 Å². The van der Waals surface area contributed by atoms with Crippen LogP contribution in [0.3, 0.4) is 0 Å². The zero-order chi connectivity index (χ0) is 14.5. The Balaban J connectivity index is 2.72. The molecule has 1 rings (SSSR count). The van der Waals surface area contributed by atoms with Crippen LogP contribution in [0.1, 0.15) is 12.0 Å². The zero-order valence-electron chi connectivity index (χ0n) is 11.8. The first-order chi connectivity index (χ1) is 8.87. The van der Waals surface area contributed by atoms with Gasteiger partial charge in [0.25, 0.3) is 0 Å². The molecule has 5 nitrogen and oxygen atoms in total. The van der Waals surface area contributed by atoms with Gasteiger partial charge in [-0.05, 0) is 44.8 Å². The lowest BCUT2D eigenvalue weighted by Gasteiger charge is -2.18. The van der Waals surface area contributed by atoms with Crippen LogP contribution in [0.15, 0.2) is 29.2 Å². The summed E-state index contributed by atoms with van der Waals surface area (Å²) in [6.45, 7) is 1.80. The van der Waals surface area contributed by atoms with Crippen LogP contribution in [0.4, 0.5) is 0 Å². The van der Waals surface area contributed by atoms with Crippen molar-refractivity contribution in [3.63, 3.8) is 0 Å². The van der Waals surface area contributed by atoms with Crippen LogP contribution in [0.25, 0.3) is 0 Å². The summed E-state index contributed by atoms with van der Waals surface area (Å²) in [5, 5.41) is 0. The highest BCUT2D eigenvalue weighted by molar-refractivity contribution is 7.89. The molecule has 0 aromatic heterocycles. The van der Waals surface area contributed by atoms with E-state index in [2.05, 4.69) is 0 Å². The fourth-order valence-corrected chi connectivity index (χ4v) is 2.92. The number of rotatable bonds is 7. The van der Waals surface area contributed by atoms with Gasteiger partial charge in [-0.1, -0.05) is 12.1 Å². The van der Waals surface area contributed by atoms with Crippen molar-refractivity contribution < 1.29 is 8.42 Å². The summed E-state index contributed by atoms with van der Waals surface area (Å²) in [6.07, 6.45) is 0.809. The fourth-order valence-electron chi connectivity index (χ4n) is 1.71. The van der Waals surface area contributed by atoms with Crippen LogP contribution < -0.4 is 5.73 Å². The van der Waals surface area contributed by atoms with E-state index in [1.165, 1.54) is 4.31 Å². The Kier molecular flexibility index (Phi) is 5.93. The fraction of sp³-hybridized carbons (Fsp3) is 0.538. The summed E-state index contributed by atoms with van der Waals surface area (Å²) < 4.78 is 26.0. The minimum absolute atomic E-state index is 0.317. The number of hydrogen-bond donors (Lipinski definition) is 1. The van der Waals surface area contributed by atoms with E-state index in [-0.39, 0.29) is 0 Å². The molecule has 0 atom stereocenters. The SMILES string of the molecule is CN(C)CCCN(C)S(=O)(=O)c1ccc(CN)cc1. The minimum Gasteiger partial charge on any atom is -0.326 e. The molecule has 0 heterocycles. The van der Waals surface area contributed by atoms with Crippen LogP contribution in [0, 0.1) is 0 Å². The van der Waals surface area contributed by atoms with Gasteiger partial charge in [0.15, 0.2) is 0 Å². The quantitative estimate of drug-likeness (QED) is 0.801. The molecule has 6 heteroatoms. The highest BCUT2D eigenvalue weighted by Gasteiger charge is 2.19. The van der Waals surface area contributed by atoms with Crippen molar-refractivity contribution in [2.24, 2.45) is 5.73 Å². The topological polar surface area (TPSA) is 66.6 Å². The largest absolute Gasteiger partial charge is 0.326 e. The van der Waals surface area contributed by atoms with Crippen molar-refractivity contribution in [3.05, 3.63) is 29.8 Å². The second kappa shape index (κ2) is 7.00. The van der Waals surface area contributed by atoms with Gasteiger partial charge in [0.1, 0.15) is 0 Å². The van der Waals surface area contributed by atoms with Crippen molar-refractivity contribution in [1.82, 2.24) is 9.21 Å². The molecular weight excluding hydrogens is 262 g/mol. The van der Waals surface area contributed by atoms with Crippen LogP contribution in [0.2, 0.25) is 0 Å². The van der Waals surface area contributed by atoms with Crippen molar-refractivity contribution in [1.29, 1.82) is 0 Å². The highest BCUT2D eigenvalue weighted by Crippen LogP contribution is 2.15. The molecule has 0 saturated heterocycles. The molecule has 0 unspecified atom stereocenters. The molecule has 1 aromatic carbocycles. The van der Waals surface area contributed by atoms with E-state index >= 15 is 0 Å². The monoisotopic (exact) mass is 285 g/mol. The summed E-state index contributed by atoms with van der Waals surface area (Å²) in [6, 6.07) is 6.72. The molecule has 0 aliphatic carbocycles. The zero-order valence-corrected chi connectivity index (χ0v) is 12.7. The van der Waals surface area contributed by atoms with Crippen molar-refractivity contribution in [2.75, 3.05) is 34.2 Å². The van der Waals surface area contributed by atoms with E-state index in [1.807, 2.05) is 19.0 Å². The lowest BCUT2D eigenvalue weighted by Crippen LogP contribution is -2.29. The smallest absolute Gasteiger partial charge is 0.242 e. The van der Waals surface area contributed by atoms with Crippen molar-refractivity contribution >= 4 is 10.0 Å². The predicted octanol–water partition coefficient (Wildman–Crippen LogP) is 0.718. The maximum atomic E-state index is 12.3. The van der Waals surface area contributed by atoms with Crippen molar-refractivity contribution in [3.8, 4) is 0 Å². The van der Waals surface area contributed by atoms with Crippen LogP contribution in [-0.2, 0) is 16.6 Å². The lowest BCUT2D eigenvalue weighted by atomic mass is 10.2. The molecule has 0 bridgehead atoms. The van der Waals surface area contributed by atoms with Gasteiger partial charge in [-0.25, -0.2) is 12.7 Å². The summed E-state index contributed by atoms with van der Waals surface area (Å²) in [4.78, 5) is 2.35. The summed E-state index contributed by atoms with van der Waals surface area (Å²) in [5.74, 6) is 0. The van der Waals surface area contributed by atoms with Gasteiger partial charge in [0.05, 0.1) is 4.90 Å². The predicted molar refractivity (Wildman–Crippen MR) is 77.3 cm³/mol. The molecule has 0 saturated carbocycles. The van der Waals surface area contributed by atoms with Crippen molar-refractivity contribution in [2.45, 2.75) is 17.9 Å². The van der Waals surface area contributed by atoms with Gasteiger partial charge in [-0.3, -0.25) is 0 Å². The van der Waals surface area contributed by atoms with Gasteiger partial charge in [0, 0.05) is 20.1 Å². The summed E-state index contributed by atoms with van der Waals surface area (Å²) in [7, 11) is 2.17. The average molecular weight is 285 g/mol. The molecule has 1 aromatic rings. The Bertz CT molecular complexity index is 483. The van der Waals surface area contributed by atoms with Gasteiger partial charge in [0.2, 0.25) is 10.0 Å². The number of sulfonamides is 1. The number of nitrogens with zero attached hydrogens (tertiary/aromatic N) is 2. The molecule has 0 spiro atoms. The third-order valence-corrected chi connectivity index (χ3v) is 4.82. The average Bonchev–Trinajstić information content (AvgIpc) is 2.38. The molecule has 108 valence electrons. The first kappa shape index (κ1) is 16.1. The molecule has 0 aliphatic heterocycles. The molecular formula is C13H23N3O2S. The molecule has 0 aliphatic rings. The normalized spacial score (nSPS) is 12.3.